The summed E-state index contributed by atoms with van der Waals surface area (Å²) in [5.74, 6) is 0.304. The Labute approximate surface area is 133 Å². The van der Waals surface area contributed by atoms with E-state index in [-0.39, 0.29) is 30.1 Å². The molecule has 0 spiro atoms. The molecule has 1 aliphatic heterocycles. The molecule has 116 valence electrons. The number of hydrogen-bond donors (Lipinski definition) is 0. The summed E-state index contributed by atoms with van der Waals surface area (Å²) in [7, 11) is -1.43. The molecule has 1 fully saturated rings. The minimum absolute atomic E-state index is 0.0159. The fraction of sp³-hybridized carbons (Fsp3) is 0.462. The summed E-state index contributed by atoms with van der Waals surface area (Å²) in [4.78, 5) is 13.4. The summed E-state index contributed by atoms with van der Waals surface area (Å²) in [5.41, 5.74) is 0. The molecule has 1 amide bonds. The highest BCUT2D eigenvalue weighted by molar-refractivity contribution is 7.91. The van der Waals surface area contributed by atoms with Crippen molar-refractivity contribution in [2.24, 2.45) is 0 Å². The van der Waals surface area contributed by atoms with Crippen LogP contribution in [-0.4, -0.2) is 50.4 Å². The molecule has 1 aromatic rings. The Morgan fingerprint density at radius 3 is 2.67 bits per heavy atom. The van der Waals surface area contributed by atoms with Crippen LogP contribution >= 0.6 is 23.2 Å². The lowest BCUT2D eigenvalue weighted by Crippen LogP contribution is -2.40. The van der Waals surface area contributed by atoms with E-state index in [9.17, 15) is 13.2 Å². The molecule has 0 saturated carbocycles. The van der Waals surface area contributed by atoms with Gasteiger partial charge in [0.15, 0.2) is 16.4 Å². The number of nitrogens with zero attached hydrogens (tertiary/aromatic N) is 1. The highest BCUT2D eigenvalue weighted by Gasteiger charge is 2.32. The van der Waals surface area contributed by atoms with Crippen LogP contribution in [0.1, 0.15) is 6.42 Å². The van der Waals surface area contributed by atoms with Gasteiger partial charge in [-0.2, -0.15) is 0 Å². The van der Waals surface area contributed by atoms with Crippen LogP contribution < -0.4 is 4.74 Å². The Balaban J connectivity index is 1.91. The smallest absolute Gasteiger partial charge is 0.260 e. The zero-order valence-corrected chi connectivity index (χ0v) is 13.7. The molecule has 0 N–H and O–H groups in total. The van der Waals surface area contributed by atoms with Crippen molar-refractivity contribution < 1.29 is 17.9 Å². The molecule has 2 rings (SSSR count). The average Bonchev–Trinajstić information content (AvgIpc) is 2.79. The molecule has 0 aromatic heterocycles. The van der Waals surface area contributed by atoms with Gasteiger partial charge in [0, 0.05) is 19.2 Å². The number of sulfone groups is 1. The zero-order valence-electron chi connectivity index (χ0n) is 11.4. The fourth-order valence-corrected chi connectivity index (χ4v) is 4.16. The van der Waals surface area contributed by atoms with Crippen molar-refractivity contribution in [1.29, 1.82) is 0 Å². The predicted molar refractivity (Wildman–Crippen MR) is 81.8 cm³/mol. The predicted octanol–water partition coefficient (Wildman–Crippen LogP) is 2.02. The van der Waals surface area contributed by atoms with E-state index in [0.29, 0.717) is 22.2 Å². The van der Waals surface area contributed by atoms with Gasteiger partial charge in [-0.05, 0) is 18.6 Å². The van der Waals surface area contributed by atoms with Crippen LogP contribution in [0.4, 0.5) is 0 Å². The molecule has 8 heteroatoms. The topological polar surface area (TPSA) is 63.7 Å². The van der Waals surface area contributed by atoms with Gasteiger partial charge in [0.25, 0.3) is 5.91 Å². The van der Waals surface area contributed by atoms with Gasteiger partial charge in [-0.15, -0.1) is 0 Å². The van der Waals surface area contributed by atoms with Crippen molar-refractivity contribution in [2.45, 2.75) is 12.5 Å². The summed E-state index contributed by atoms with van der Waals surface area (Å²) >= 11 is 11.6. The minimum atomic E-state index is -3.02. The van der Waals surface area contributed by atoms with Gasteiger partial charge in [-0.1, -0.05) is 23.2 Å². The van der Waals surface area contributed by atoms with Gasteiger partial charge >= 0.3 is 0 Å². The van der Waals surface area contributed by atoms with Crippen LogP contribution in [-0.2, 0) is 14.6 Å². The molecular weight excluding hydrogens is 337 g/mol. The van der Waals surface area contributed by atoms with Gasteiger partial charge in [-0.3, -0.25) is 4.79 Å². The maximum Gasteiger partial charge on any atom is 0.260 e. The normalized spacial score (nSPS) is 20.2. The van der Waals surface area contributed by atoms with E-state index in [4.69, 9.17) is 27.9 Å². The van der Waals surface area contributed by atoms with E-state index in [1.165, 1.54) is 11.0 Å². The van der Waals surface area contributed by atoms with Gasteiger partial charge in [0.1, 0.15) is 5.75 Å². The number of benzene rings is 1. The second-order valence-electron chi connectivity index (χ2n) is 4.93. The number of carbonyl (C=O) groups excluding carboxylic acids is 1. The summed E-state index contributed by atoms with van der Waals surface area (Å²) in [6.07, 6.45) is 0.470. The van der Waals surface area contributed by atoms with Gasteiger partial charge in [-0.25, -0.2) is 8.42 Å². The van der Waals surface area contributed by atoms with E-state index in [2.05, 4.69) is 0 Å². The van der Waals surface area contributed by atoms with Crippen LogP contribution in [0.15, 0.2) is 18.2 Å². The Morgan fingerprint density at radius 1 is 1.38 bits per heavy atom. The Hall–Kier alpha value is -0.980. The van der Waals surface area contributed by atoms with Crippen LogP contribution in [0.5, 0.6) is 5.75 Å². The summed E-state index contributed by atoms with van der Waals surface area (Å²) in [6.45, 7) is -0.176. The summed E-state index contributed by atoms with van der Waals surface area (Å²) in [6, 6.07) is 4.44. The number of halogens is 2. The molecule has 1 heterocycles. The first kappa shape index (κ1) is 16.4. The van der Waals surface area contributed by atoms with Gasteiger partial charge < -0.3 is 9.64 Å². The molecule has 1 saturated heterocycles. The maximum atomic E-state index is 12.0. The largest absolute Gasteiger partial charge is 0.484 e. The minimum Gasteiger partial charge on any atom is -0.484 e. The van der Waals surface area contributed by atoms with Crippen molar-refractivity contribution in [3.63, 3.8) is 0 Å². The van der Waals surface area contributed by atoms with Crippen LogP contribution in [0, 0.1) is 0 Å². The van der Waals surface area contributed by atoms with Crippen molar-refractivity contribution in [3.8, 4) is 5.75 Å². The lowest BCUT2D eigenvalue weighted by Gasteiger charge is -2.23. The van der Waals surface area contributed by atoms with Gasteiger partial charge in [0.05, 0.1) is 21.6 Å². The van der Waals surface area contributed by atoms with E-state index < -0.39 is 9.84 Å². The molecule has 0 unspecified atom stereocenters. The molecule has 0 radical (unpaired) electrons. The molecule has 1 atom stereocenters. The van der Waals surface area contributed by atoms with Crippen molar-refractivity contribution in [2.75, 3.05) is 25.2 Å². The monoisotopic (exact) mass is 351 g/mol. The fourth-order valence-electron chi connectivity index (χ4n) is 2.10. The molecule has 0 aliphatic carbocycles. The standard InChI is InChI=1S/C13H15Cl2NO4S/c1-16(9-4-5-21(18,19)8-9)13(17)7-20-10-2-3-11(14)12(15)6-10/h2-3,6,9H,4-5,7-8H2,1H3/t9-/m0/s1. The molecule has 1 aliphatic rings. The zero-order chi connectivity index (χ0) is 15.6. The first-order valence-corrected chi connectivity index (χ1v) is 8.90. The Bertz CT molecular complexity index is 648. The average molecular weight is 352 g/mol. The van der Waals surface area contributed by atoms with Gasteiger partial charge in [0.2, 0.25) is 0 Å². The molecule has 21 heavy (non-hydrogen) atoms. The number of amides is 1. The highest BCUT2D eigenvalue weighted by atomic mass is 35.5. The van der Waals surface area contributed by atoms with E-state index in [1.54, 1.807) is 19.2 Å². The Kier molecular flexibility index (Phi) is 5.01. The van der Waals surface area contributed by atoms with Crippen molar-refractivity contribution in [3.05, 3.63) is 28.2 Å². The quantitative estimate of drug-likeness (QED) is 0.832. The molecule has 5 nitrogen and oxygen atoms in total. The number of carbonyl (C=O) groups is 1. The summed E-state index contributed by atoms with van der Waals surface area (Å²) in [5, 5.41) is 0.750. The second-order valence-corrected chi connectivity index (χ2v) is 7.97. The number of ether oxygens (including phenoxy) is 1. The SMILES string of the molecule is CN(C(=O)COc1ccc(Cl)c(Cl)c1)[C@H]1CCS(=O)(=O)C1. The second kappa shape index (κ2) is 6.42. The third-order valence-corrected chi connectivity index (χ3v) is 5.89. The van der Waals surface area contributed by atoms with Crippen LogP contribution in [0.2, 0.25) is 10.0 Å². The number of rotatable bonds is 4. The first-order valence-electron chi connectivity index (χ1n) is 6.32. The van der Waals surface area contributed by atoms with E-state index in [1.807, 2.05) is 0 Å². The third-order valence-electron chi connectivity index (χ3n) is 3.40. The van der Waals surface area contributed by atoms with Crippen molar-refractivity contribution >= 4 is 38.9 Å². The number of likely N-dealkylation sites (N-methyl/N-ethyl adjacent to an activating group) is 1. The van der Waals surface area contributed by atoms with Crippen LogP contribution in [0.3, 0.4) is 0 Å². The van der Waals surface area contributed by atoms with E-state index >= 15 is 0 Å². The lowest BCUT2D eigenvalue weighted by molar-refractivity contribution is -0.133. The molecule has 1 aromatic carbocycles. The summed E-state index contributed by atoms with van der Waals surface area (Å²) < 4.78 is 28.2. The third kappa shape index (κ3) is 4.25. The maximum absolute atomic E-state index is 12.0. The van der Waals surface area contributed by atoms with Crippen molar-refractivity contribution in [1.82, 2.24) is 4.90 Å². The number of hydrogen-bond acceptors (Lipinski definition) is 4. The Morgan fingerprint density at radius 2 is 2.10 bits per heavy atom. The van der Waals surface area contributed by atoms with E-state index in [0.717, 1.165) is 0 Å². The molecular formula is C13H15Cl2NO4S. The highest BCUT2D eigenvalue weighted by Crippen LogP contribution is 2.26. The molecule has 0 bridgehead atoms. The van der Waals surface area contributed by atoms with Crippen LogP contribution in [0.25, 0.3) is 0 Å². The lowest BCUT2D eigenvalue weighted by atomic mass is 10.2. The first-order chi connectivity index (χ1) is 9.78.